The first-order valence-corrected chi connectivity index (χ1v) is 8.12. The molecule has 2 heterocycles. The van der Waals surface area contributed by atoms with Crippen LogP contribution in [0.1, 0.15) is 42.8 Å². The van der Waals surface area contributed by atoms with Gasteiger partial charge < -0.3 is 14.2 Å². The fraction of sp³-hybridized carbons (Fsp3) is 0.444. The van der Waals surface area contributed by atoms with Crippen LogP contribution in [0.25, 0.3) is 0 Å². The Morgan fingerprint density at radius 2 is 2.17 bits per heavy atom. The molecule has 0 N–H and O–H groups in total. The van der Waals surface area contributed by atoms with Crippen LogP contribution in [-0.2, 0) is 11.2 Å². The van der Waals surface area contributed by atoms with Crippen molar-refractivity contribution >= 4 is 5.91 Å². The number of benzene rings is 1. The van der Waals surface area contributed by atoms with Gasteiger partial charge in [-0.1, -0.05) is 17.3 Å². The number of aryl methyl sites for hydroxylation is 1. The predicted molar refractivity (Wildman–Crippen MR) is 86.2 cm³/mol. The summed E-state index contributed by atoms with van der Waals surface area (Å²) in [5, 5.41) is 3.94. The second-order valence-electron chi connectivity index (χ2n) is 5.87. The number of hydrogen-bond acceptors (Lipinski definition) is 4. The Bertz CT molecular complexity index is 663. The fourth-order valence-electron chi connectivity index (χ4n) is 3.05. The van der Waals surface area contributed by atoms with Gasteiger partial charge in [0, 0.05) is 12.6 Å². The highest BCUT2D eigenvalue weighted by molar-refractivity contribution is 5.79. The van der Waals surface area contributed by atoms with Gasteiger partial charge in [0.2, 0.25) is 5.91 Å². The molecule has 5 heteroatoms. The van der Waals surface area contributed by atoms with Gasteiger partial charge in [-0.3, -0.25) is 4.79 Å². The monoisotopic (exact) mass is 314 g/mol. The molecule has 1 fully saturated rings. The maximum absolute atomic E-state index is 12.6. The summed E-state index contributed by atoms with van der Waals surface area (Å²) >= 11 is 0. The topological polar surface area (TPSA) is 55.6 Å². The lowest BCUT2D eigenvalue weighted by atomic mass is 10.1. The summed E-state index contributed by atoms with van der Waals surface area (Å²) in [4.78, 5) is 14.6. The maximum atomic E-state index is 12.6. The molecule has 122 valence electrons. The van der Waals surface area contributed by atoms with Crippen LogP contribution in [0.5, 0.6) is 5.75 Å². The van der Waals surface area contributed by atoms with Crippen molar-refractivity contribution < 1.29 is 14.1 Å². The zero-order chi connectivity index (χ0) is 16.2. The van der Waals surface area contributed by atoms with Crippen LogP contribution < -0.4 is 4.74 Å². The van der Waals surface area contributed by atoms with Crippen molar-refractivity contribution in [3.8, 4) is 5.75 Å². The highest BCUT2D eigenvalue weighted by Crippen LogP contribution is 2.32. The minimum absolute atomic E-state index is 0.0198. The molecule has 0 unspecified atom stereocenters. The molecular weight excluding hydrogens is 292 g/mol. The van der Waals surface area contributed by atoms with Gasteiger partial charge >= 0.3 is 0 Å². The zero-order valence-electron chi connectivity index (χ0n) is 13.6. The first kappa shape index (κ1) is 15.6. The lowest BCUT2D eigenvalue weighted by molar-refractivity contribution is -0.131. The Kier molecular flexibility index (Phi) is 4.65. The summed E-state index contributed by atoms with van der Waals surface area (Å²) in [6.45, 7) is 5.27. The van der Waals surface area contributed by atoms with E-state index >= 15 is 0 Å². The van der Waals surface area contributed by atoms with E-state index in [1.54, 1.807) is 0 Å². The van der Waals surface area contributed by atoms with Crippen molar-refractivity contribution in [2.45, 2.75) is 39.2 Å². The van der Waals surface area contributed by atoms with Crippen molar-refractivity contribution in [3.05, 3.63) is 47.3 Å². The number of hydrogen-bond donors (Lipinski definition) is 0. The maximum Gasteiger partial charge on any atom is 0.227 e. The zero-order valence-corrected chi connectivity index (χ0v) is 13.6. The molecule has 0 radical (unpaired) electrons. The summed E-state index contributed by atoms with van der Waals surface area (Å²) in [5.74, 6) is 1.76. The van der Waals surface area contributed by atoms with Crippen molar-refractivity contribution in [2.75, 3.05) is 13.2 Å². The smallest absolute Gasteiger partial charge is 0.227 e. The summed E-state index contributed by atoms with van der Waals surface area (Å²) < 4.78 is 10.8. The molecule has 1 saturated heterocycles. The number of amides is 1. The third-order valence-corrected chi connectivity index (χ3v) is 4.14. The van der Waals surface area contributed by atoms with Crippen molar-refractivity contribution in [2.24, 2.45) is 0 Å². The van der Waals surface area contributed by atoms with Crippen LogP contribution >= 0.6 is 0 Å². The highest BCUT2D eigenvalue weighted by Gasteiger charge is 2.32. The Labute approximate surface area is 136 Å². The van der Waals surface area contributed by atoms with E-state index in [4.69, 9.17) is 9.26 Å². The summed E-state index contributed by atoms with van der Waals surface area (Å²) in [7, 11) is 0. The van der Waals surface area contributed by atoms with Crippen LogP contribution in [0.15, 0.2) is 34.9 Å². The van der Waals surface area contributed by atoms with Crippen molar-refractivity contribution in [1.82, 2.24) is 10.1 Å². The molecule has 0 bridgehead atoms. The molecule has 23 heavy (non-hydrogen) atoms. The molecule has 1 amide bonds. The largest absolute Gasteiger partial charge is 0.494 e. The van der Waals surface area contributed by atoms with E-state index < -0.39 is 0 Å². The molecule has 2 aromatic rings. The SMILES string of the molecule is CCOc1ccc(CC(=O)N2CCC[C@H]2c2cc(C)no2)cc1. The molecule has 0 spiro atoms. The number of aromatic nitrogens is 1. The van der Waals surface area contributed by atoms with Crippen LogP contribution in [0, 0.1) is 6.92 Å². The molecule has 3 rings (SSSR count). The van der Waals surface area contributed by atoms with Gasteiger partial charge in [-0.05, 0) is 44.4 Å². The number of carbonyl (C=O) groups excluding carboxylic acids is 1. The lowest BCUT2D eigenvalue weighted by Crippen LogP contribution is -2.31. The molecule has 1 aliphatic rings. The predicted octanol–water partition coefficient (Wildman–Crippen LogP) is 3.29. The lowest BCUT2D eigenvalue weighted by Gasteiger charge is -2.22. The number of nitrogens with zero attached hydrogens (tertiary/aromatic N) is 2. The summed E-state index contributed by atoms with van der Waals surface area (Å²) in [5.41, 5.74) is 1.85. The molecule has 5 nitrogen and oxygen atoms in total. The summed E-state index contributed by atoms with van der Waals surface area (Å²) in [6.07, 6.45) is 2.33. The van der Waals surface area contributed by atoms with Crippen LogP contribution in [0.3, 0.4) is 0 Å². The molecule has 1 aliphatic heterocycles. The van der Waals surface area contributed by atoms with Crippen molar-refractivity contribution in [1.29, 1.82) is 0 Å². The van der Waals surface area contributed by atoms with Gasteiger partial charge in [-0.15, -0.1) is 0 Å². The highest BCUT2D eigenvalue weighted by atomic mass is 16.5. The molecule has 1 atom stereocenters. The Hall–Kier alpha value is -2.30. The van der Waals surface area contributed by atoms with Gasteiger partial charge in [-0.25, -0.2) is 0 Å². The third-order valence-electron chi connectivity index (χ3n) is 4.14. The Morgan fingerprint density at radius 1 is 1.39 bits per heavy atom. The average molecular weight is 314 g/mol. The van der Waals surface area contributed by atoms with Crippen LogP contribution in [-0.4, -0.2) is 29.1 Å². The Balaban J connectivity index is 1.67. The number of rotatable bonds is 5. The van der Waals surface area contributed by atoms with Crippen molar-refractivity contribution in [3.63, 3.8) is 0 Å². The van der Waals surface area contributed by atoms with Gasteiger partial charge in [0.1, 0.15) is 5.75 Å². The van der Waals surface area contributed by atoms with Crippen LogP contribution in [0.4, 0.5) is 0 Å². The normalized spacial score (nSPS) is 17.5. The summed E-state index contributed by atoms with van der Waals surface area (Å²) in [6, 6.07) is 9.67. The van der Waals surface area contributed by atoms with Gasteiger partial charge in [0.05, 0.1) is 24.8 Å². The molecule has 1 aromatic carbocycles. The minimum atomic E-state index is 0.0198. The van der Waals surface area contributed by atoms with E-state index in [0.717, 1.165) is 42.2 Å². The third kappa shape index (κ3) is 3.55. The van der Waals surface area contributed by atoms with E-state index in [0.29, 0.717) is 13.0 Å². The minimum Gasteiger partial charge on any atom is -0.494 e. The fourth-order valence-corrected chi connectivity index (χ4v) is 3.05. The first-order chi connectivity index (χ1) is 11.2. The molecular formula is C18H22N2O3. The number of carbonyl (C=O) groups is 1. The number of likely N-dealkylation sites (tertiary alicyclic amines) is 1. The van der Waals surface area contributed by atoms with Gasteiger partial charge in [0.25, 0.3) is 0 Å². The van der Waals surface area contributed by atoms with Crippen LogP contribution in [0.2, 0.25) is 0 Å². The average Bonchev–Trinajstić information content (AvgIpc) is 3.18. The second-order valence-corrected chi connectivity index (χ2v) is 5.87. The molecule has 0 aliphatic carbocycles. The van der Waals surface area contributed by atoms with Gasteiger partial charge in [0.15, 0.2) is 5.76 Å². The van der Waals surface area contributed by atoms with E-state index in [9.17, 15) is 4.79 Å². The second kappa shape index (κ2) is 6.86. The molecule has 0 saturated carbocycles. The van der Waals surface area contributed by atoms with E-state index in [2.05, 4.69) is 5.16 Å². The molecule has 1 aromatic heterocycles. The number of ether oxygens (including phenoxy) is 1. The van der Waals surface area contributed by atoms with E-state index in [1.165, 1.54) is 0 Å². The van der Waals surface area contributed by atoms with Gasteiger partial charge in [-0.2, -0.15) is 0 Å². The van der Waals surface area contributed by atoms with E-state index in [-0.39, 0.29) is 11.9 Å². The Morgan fingerprint density at radius 3 is 2.83 bits per heavy atom. The standard InChI is InChI=1S/C18H22N2O3/c1-3-22-15-8-6-14(7-9-15)12-18(21)20-10-4-5-16(20)17-11-13(2)19-23-17/h6-9,11,16H,3-5,10,12H2,1-2H3/t16-/m0/s1. The quantitative estimate of drug-likeness (QED) is 0.850. The first-order valence-electron chi connectivity index (χ1n) is 8.12. The van der Waals surface area contributed by atoms with E-state index in [1.807, 2.05) is 49.1 Å².